The van der Waals surface area contributed by atoms with Gasteiger partial charge in [-0.25, -0.2) is 19.9 Å². The normalized spacial score (nSPS) is 15.9. The fourth-order valence-electron chi connectivity index (χ4n) is 7.30. The van der Waals surface area contributed by atoms with Crippen molar-refractivity contribution >= 4 is 50.4 Å². The number of carbonyl (C=O) groups excluding carboxylic acids is 2. The summed E-state index contributed by atoms with van der Waals surface area (Å²) in [6.45, 7) is 1.79. The molecule has 4 heterocycles. The number of rotatable bonds is 2. The van der Waals surface area contributed by atoms with Gasteiger partial charge in [-0.15, -0.1) is 0 Å². The number of ketones is 2. The Bertz CT molecular complexity index is 2810. The summed E-state index contributed by atoms with van der Waals surface area (Å²) in [5.41, 5.74) is -2.60. The Balaban J connectivity index is 1.19. The summed E-state index contributed by atoms with van der Waals surface area (Å²) in [5, 5.41) is 0.918. The molecular formula is C38H19F9N6O2. The molecule has 1 unspecified atom stereocenters. The number of nitrogens with zero attached hydrogens (tertiary/aromatic N) is 6. The van der Waals surface area contributed by atoms with E-state index in [4.69, 9.17) is 0 Å². The number of benzene rings is 3. The predicted molar refractivity (Wildman–Crippen MR) is 179 cm³/mol. The van der Waals surface area contributed by atoms with Crippen LogP contribution < -0.4 is 0 Å². The predicted octanol–water partition coefficient (Wildman–Crippen LogP) is 9.18. The lowest BCUT2D eigenvalue weighted by Crippen LogP contribution is -2.28. The zero-order chi connectivity index (χ0) is 38.9. The zero-order valence-corrected chi connectivity index (χ0v) is 27.7. The van der Waals surface area contributed by atoms with E-state index in [0.717, 1.165) is 65.0 Å². The Morgan fingerprint density at radius 1 is 0.618 bits per heavy atom. The van der Waals surface area contributed by atoms with E-state index in [-0.39, 0.29) is 39.1 Å². The van der Waals surface area contributed by atoms with Gasteiger partial charge in [0.05, 0.1) is 46.0 Å². The van der Waals surface area contributed by atoms with Crippen LogP contribution in [0.5, 0.6) is 0 Å². The standard InChI is InChI=1S/C38H19F9N6O2/c1-16-2-6-20-21-7-3-17(36(39,40)41)11-25(21)52(24(20)10-16)28-14-48-30-32(50-28)34(54)31-33(35(30)55)51-29(15-49-31)53-26-12-18(37(42,43)44)4-8-22(26)23-9-5-19(13-27(23)53)38(45,46)47/h2-10,12-15,17H,11H2,1H3. The van der Waals surface area contributed by atoms with Gasteiger partial charge < -0.3 is 0 Å². The molecule has 0 saturated carbocycles. The molecule has 0 radical (unpaired) electrons. The minimum atomic E-state index is -4.82. The molecule has 8 nitrogen and oxygen atoms in total. The van der Waals surface area contributed by atoms with Crippen LogP contribution in [0.25, 0.3) is 50.4 Å². The summed E-state index contributed by atoms with van der Waals surface area (Å²) >= 11 is 0. The van der Waals surface area contributed by atoms with Crippen molar-refractivity contribution in [2.75, 3.05) is 0 Å². The highest BCUT2D eigenvalue weighted by molar-refractivity contribution is 6.25. The second-order valence-electron chi connectivity index (χ2n) is 13.2. The van der Waals surface area contributed by atoms with Crippen molar-refractivity contribution in [2.24, 2.45) is 5.92 Å². The van der Waals surface area contributed by atoms with Gasteiger partial charge in [-0.2, -0.15) is 39.5 Å². The molecule has 3 aromatic carbocycles. The highest BCUT2D eigenvalue weighted by Crippen LogP contribution is 2.42. The van der Waals surface area contributed by atoms with Gasteiger partial charge in [0.2, 0.25) is 11.6 Å². The highest BCUT2D eigenvalue weighted by atomic mass is 19.4. The molecule has 0 aliphatic heterocycles. The monoisotopic (exact) mass is 762 g/mol. The quantitative estimate of drug-likeness (QED) is 0.163. The lowest BCUT2D eigenvalue weighted by molar-refractivity contribution is -0.161. The number of halogens is 9. The van der Waals surface area contributed by atoms with Gasteiger partial charge in [-0.1, -0.05) is 36.4 Å². The fourth-order valence-corrected chi connectivity index (χ4v) is 7.30. The summed E-state index contributed by atoms with van der Waals surface area (Å²) in [5.74, 6) is -4.12. The molecule has 0 N–H and O–H groups in total. The van der Waals surface area contributed by atoms with Gasteiger partial charge in [0, 0.05) is 33.8 Å². The summed E-state index contributed by atoms with van der Waals surface area (Å²) in [6, 6.07) is 10.6. The van der Waals surface area contributed by atoms with Gasteiger partial charge in [0.1, 0.15) is 22.8 Å². The maximum Gasteiger partial charge on any atom is 0.416 e. The van der Waals surface area contributed by atoms with Crippen molar-refractivity contribution in [3.05, 3.63) is 124 Å². The van der Waals surface area contributed by atoms with Gasteiger partial charge in [-0.3, -0.25) is 18.7 Å². The number of alkyl halides is 9. The Morgan fingerprint density at radius 3 is 1.62 bits per heavy atom. The van der Waals surface area contributed by atoms with E-state index in [9.17, 15) is 49.1 Å². The van der Waals surface area contributed by atoms with E-state index in [1.165, 1.54) is 10.6 Å². The van der Waals surface area contributed by atoms with Gasteiger partial charge >= 0.3 is 18.5 Å². The molecule has 55 heavy (non-hydrogen) atoms. The first-order chi connectivity index (χ1) is 25.9. The lowest BCUT2D eigenvalue weighted by atomic mass is 9.92. The molecule has 0 spiro atoms. The third-order valence-corrected chi connectivity index (χ3v) is 9.85. The molecule has 4 aromatic heterocycles. The summed E-state index contributed by atoms with van der Waals surface area (Å²) in [7, 11) is 0. The number of hydrogen-bond donors (Lipinski definition) is 0. The summed E-state index contributed by atoms with van der Waals surface area (Å²) < 4.78 is 127. The molecule has 0 saturated heterocycles. The second kappa shape index (κ2) is 11.3. The van der Waals surface area contributed by atoms with Crippen LogP contribution in [0.3, 0.4) is 0 Å². The fraction of sp³-hybridized carbons (Fsp3) is 0.158. The van der Waals surface area contributed by atoms with Crippen LogP contribution in [0.1, 0.15) is 60.3 Å². The van der Waals surface area contributed by atoms with Gasteiger partial charge in [0.15, 0.2) is 11.6 Å². The van der Waals surface area contributed by atoms with Crippen LogP contribution >= 0.6 is 0 Å². The lowest BCUT2D eigenvalue weighted by Gasteiger charge is -2.22. The van der Waals surface area contributed by atoms with Gasteiger partial charge in [0.25, 0.3) is 0 Å². The third kappa shape index (κ3) is 5.23. The molecule has 7 aromatic rings. The maximum absolute atomic E-state index is 13.9. The average molecular weight is 763 g/mol. The largest absolute Gasteiger partial charge is 0.416 e. The Kier molecular flexibility index (Phi) is 7.07. The minimum absolute atomic E-state index is 0.0489. The molecule has 0 fully saturated rings. The highest BCUT2D eigenvalue weighted by Gasteiger charge is 2.42. The topological polar surface area (TPSA) is 95.6 Å². The Hall–Kier alpha value is -6.39. The third-order valence-electron chi connectivity index (χ3n) is 9.85. The van der Waals surface area contributed by atoms with Crippen molar-refractivity contribution in [2.45, 2.75) is 31.9 Å². The van der Waals surface area contributed by atoms with E-state index in [1.54, 1.807) is 25.1 Å². The van der Waals surface area contributed by atoms with Crippen LogP contribution in [0.15, 0.2) is 73.1 Å². The Labute approximate surface area is 301 Å². The van der Waals surface area contributed by atoms with Crippen LogP contribution in [-0.2, 0) is 18.8 Å². The number of fused-ring (bicyclic) bond motifs is 8. The van der Waals surface area contributed by atoms with E-state index in [0.29, 0.717) is 16.5 Å². The number of aromatic nitrogens is 6. The first kappa shape index (κ1) is 34.4. The SMILES string of the molecule is Cc1ccc2c3c(n(-c4cnc5c(n4)C(=O)c4ncc(-n6c7cc(C(F)(F)F)ccc7c7ccc(C(F)(F)F)cc76)nc4C5=O)c2c1)CC(C(F)(F)F)C=C3. The molecule has 2 aliphatic carbocycles. The second-order valence-corrected chi connectivity index (χ2v) is 13.2. The first-order valence-electron chi connectivity index (χ1n) is 16.4. The molecule has 0 bridgehead atoms. The Morgan fingerprint density at radius 2 is 1.11 bits per heavy atom. The number of hydrogen-bond acceptors (Lipinski definition) is 6. The van der Waals surface area contributed by atoms with E-state index in [2.05, 4.69) is 19.9 Å². The number of allylic oxidation sites excluding steroid dienone is 1. The summed E-state index contributed by atoms with van der Waals surface area (Å²) in [4.78, 5) is 44.8. The summed E-state index contributed by atoms with van der Waals surface area (Å²) in [6.07, 6.45) is -10.1. The van der Waals surface area contributed by atoms with E-state index in [1.807, 2.05) is 0 Å². The molecule has 9 rings (SSSR count). The minimum Gasteiger partial charge on any atom is -0.296 e. The molecule has 276 valence electrons. The molecular weight excluding hydrogens is 743 g/mol. The van der Waals surface area contributed by atoms with Crippen molar-refractivity contribution in [1.82, 2.24) is 29.1 Å². The van der Waals surface area contributed by atoms with Gasteiger partial charge in [-0.05, 0) is 42.8 Å². The molecule has 2 aliphatic rings. The smallest absolute Gasteiger partial charge is 0.296 e. The first-order valence-corrected chi connectivity index (χ1v) is 16.4. The van der Waals surface area contributed by atoms with Crippen LogP contribution in [0, 0.1) is 12.8 Å². The van der Waals surface area contributed by atoms with E-state index < -0.39 is 76.3 Å². The van der Waals surface area contributed by atoms with Crippen molar-refractivity contribution in [1.29, 1.82) is 0 Å². The van der Waals surface area contributed by atoms with E-state index >= 15 is 0 Å². The van der Waals surface area contributed by atoms with Crippen LogP contribution in [0.4, 0.5) is 39.5 Å². The maximum atomic E-state index is 13.9. The van der Waals surface area contributed by atoms with Crippen molar-refractivity contribution < 1.29 is 49.1 Å². The number of aryl methyl sites for hydroxylation is 1. The van der Waals surface area contributed by atoms with Crippen molar-refractivity contribution in [3.63, 3.8) is 0 Å². The molecule has 17 heteroatoms. The van der Waals surface area contributed by atoms with Crippen LogP contribution in [-0.4, -0.2) is 46.8 Å². The van der Waals surface area contributed by atoms with Crippen molar-refractivity contribution in [3.8, 4) is 11.6 Å². The molecule has 0 amide bonds. The number of carbonyl (C=O) groups is 2. The molecule has 1 atom stereocenters. The zero-order valence-electron chi connectivity index (χ0n) is 27.7. The van der Waals surface area contributed by atoms with Crippen LogP contribution in [0.2, 0.25) is 0 Å². The average Bonchev–Trinajstić information content (AvgIpc) is 3.63.